The van der Waals surface area contributed by atoms with Gasteiger partial charge in [-0.2, -0.15) is 0 Å². The molecule has 0 aliphatic carbocycles. The number of amides is 1. The molecule has 3 rings (SSSR count). The summed E-state index contributed by atoms with van der Waals surface area (Å²) >= 11 is 0. The average Bonchev–Trinajstić information content (AvgIpc) is 3.06. The number of benzene rings is 2. The molecule has 1 aliphatic heterocycles. The third-order valence-electron chi connectivity index (χ3n) is 4.68. The lowest BCUT2D eigenvalue weighted by atomic mass is 10.1. The molecule has 1 heterocycles. The summed E-state index contributed by atoms with van der Waals surface area (Å²) in [6.45, 7) is 7.02. The number of fused-ring (bicyclic) bond motifs is 1. The Hall–Kier alpha value is -3.48. The predicted octanol–water partition coefficient (Wildman–Crippen LogP) is 4.55. The fourth-order valence-corrected chi connectivity index (χ4v) is 3.09. The van der Waals surface area contributed by atoms with Crippen molar-refractivity contribution in [2.45, 2.75) is 20.8 Å². The number of Topliss-reactive ketones (excluding diaryl/α,β-unsaturated/α-hetero) is 1. The Balaban J connectivity index is 1.98. The van der Waals surface area contributed by atoms with E-state index in [0.717, 1.165) is 0 Å². The maximum absolute atomic E-state index is 12.8. The van der Waals surface area contributed by atoms with E-state index >= 15 is 0 Å². The Morgan fingerprint density at radius 2 is 1.90 bits per heavy atom. The summed E-state index contributed by atoms with van der Waals surface area (Å²) in [6, 6.07) is 10.2. The van der Waals surface area contributed by atoms with Gasteiger partial charge in [-0.15, -0.1) is 0 Å². The van der Waals surface area contributed by atoms with E-state index in [4.69, 9.17) is 18.9 Å². The van der Waals surface area contributed by atoms with E-state index in [2.05, 4.69) is 0 Å². The molecule has 0 fully saturated rings. The van der Waals surface area contributed by atoms with Gasteiger partial charge in [0.25, 0.3) is 0 Å². The van der Waals surface area contributed by atoms with Crippen LogP contribution in [0.15, 0.2) is 42.2 Å². The number of carbonyl (C=O) groups excluding carboxylic acids is 2. The molecule has 30 heavy (non-hydrogen) atoms. The molecule has 0 N–H and O–H groups in total. The number of para-hydroxylation sites is 1. The van der Waals surface area contributed by atoms with Gasteiger partial charge in [0.2, 0.25) is 5.78 Å². The number of methoxy groups -OCH3 is 1. The second-order valence-corrected chi connectivity index (χ2v) is 6.45. The standard InChI is InChI=1S/C23H25NO6/c1-5-24(6-2)23(26)30-22-15(9-8-10-18(22)28-7-3)13-20-21(25)17-12-11-16(27-4)14-19(17)29-20/h8-14H,5-7H2,1-4H3/b20-13-. The molecule has 0 aromatic heterocycles. The van der Waals surface area contributed by atoms with Gasteiger partial charge in [0.1, 0.15) is 11.5 Å². The van der Waals surface area contributed by atoms with Crippen molar-refractivity contribution in [1.82, 2.24) is 4.90 Å². The summed E-state index contributed by atoms with van der Waals surface area (Å²) in [6.07, 6.45) is 1.07. The summed E-state index contributed by atoms with van der Waals surface area (Å²) in [5.74, 6) is 1.55. The third-order valence-corrected chi connectivity index (χ3v) is 4.68. The SMILES string of the molecule is CCOc1cccc(/C=C2\Oc3cc(OC)ccc3C2=O)c1OC(=O)N(CC)CC. The van der Waals surface area contributed by atoms with E-state index in [1.54, 1.807) is 54.5 Å². The van der Waals surface area contributed by atoms with Crippen LogP contribution in [0.3, 0.4) is 0 Å². The molecule has 0 spiro atoms. The summed E-state index contributed by atoms with van der Waals surface area (Å²) in [5.41, 5.74) is 0.953. The number of carbonyl (C=O) groups is 2. The van der Waals surface area contributed by atoms with Crippen LogP contribution < -0.4 is 18.9 Å². The van der Waals surface area contributed by atoms with Crippen molar-refractivity contribution in [2.24, 2.45) is 0 Å². The first-order valence-corrected chi connectivity index (χ1v) is 9.87. The highest BCUT2D eigenvalue weighted by molar-refractivity contribution is 6.14. The molecule has 0 bridgehead atoms. The van der Waals surface area contributed by atoms with Gasteiger partial charge in [0.15, 0.2) is 17.3 Å². The van der Waals surface area contributed by atoms with Crippen LogP contribution in [0.25, 0.3) is 6.08 Å². The highest BCUT2D eigenvalue weighted by Gasteiger charge is 2.28. The predicted molar refractivity (Wildman–Crippen MR) is 112 cm³/mol. The van der Waals surface area contributed by atoms with Crippen molar-refractivity contribution in [3.8, 4) is 23.0 Å². The van der Waals surface area contributed by atoms with Crippen LogP contribution in [0.5, 0.6) is 23.0 Å². The van der Waals surface area contributed by atoms with Gasteiger partial charge in [-0.1, -0.05) is 12.1 Å². The molecular formula is C23H25NO6. The average molecular weight is 411 g/mol. The van der Waals surface area contributed by atoms with Gasteiger partial charge in [-0.05, 0) is 45.0 Å². The summed E-state index contributed by atoms with van der Waals surface area (Å²) in [7, 11) is 1.55. The van der Waals surface area contributed by atoms with Gasteiger partial charge in [0, 0.05) is 24.7 Å². The van der Waals surface area contributed by atoms with Crippen molar-refractivity contribution < 1.29 is 28.5 Å². The number of hydrogen-bond acceptors (Lipinski definition) is 6. The molecule has 0 saturated heterocycles. The van der Waals surface area contributed by atoms with Gasteiger partial charge in [0.05, 0.1) is 19.3 Å². The van der Waals surface area contributed by atoms with E-state index in [-0.39, 0.29) is 17.3 Å². The zero-order valence-electron chi connectivity index (χ0n) is 17.6. The first kappa shape index (κ1) is 21.2. The van der Waals surface area contributed by atoms with E-state index in [9.17, 15) is 9.59 Å². The minimum Gasteiger partial charge on any atom is -0.497 e. The smallest absolute Gasteiger partial charge is 0.415 e. The number of nitrogens with zero attached hydrogens (tertiary/aromatic N) is 1. The fraction of sp³-hybridized carbons (Fsp3) is 0.304. The molecule has 2 aromatic rings. The Labute approximate surface area is 175 Å². The molecule has 0 saturated carbocycles. The maximum atomic E-state index is 12.8. The monoisotopic (exact) mass is 411 g/mol. The Bertz CT molecular complexity index is 978. The van der Waals surface area contributed by atoms with Gasteiger partial charge >= 0.3 is 6.09 Å². The summed E-state index contributed by atoms with van der Waals surface area (Å²) in [4.78, 5) is 26.9. The van der Waals surface area contributed by atoms with Crippen LogP contribution in [0.1, 0.15) is 36.7 Å². The van der Waals surface area contributed by atoms with E-state index < -0.39 is 6.09 Å². The van der Waals surface area contributed by atoms with Crippen LogP contribution in [-0.2, 0) is 0 Å². The first-order chi connectivity index (χ1) is 14.5. The van der Waals surface area contributed by atoms with Crippen LogP contribution >= 0.6 is 0 Å². The lowest BCUT2D eigenvalue weighted by Gasteiger charge is -2.20. The van der Waals surface area contributed by atoms with Crippen molar-refractivity contribution in [3.05, 3.63) is 53.3 Å². The first-order valence-electron chi connectivity index (χ1n) is 9.87. The lowest BCUT2D eigenvalue weighted by Crippen LogP contribution is -2.33. The van der Waals surface area contributed by atoms with E-state index in [1.807, 2.05) is 20.8 Å². The fourth-order valence-electron chi connectivity index (χ4n) is 3.09. The topological polar surface area (TPSA) is 74.3 Å². The molecular weight excluding hydrogens is 386 g/mol. The second-order valence-electron chi connectivity index (χ2n) is 6.45. The van der Waals surface area contributed by atoms with Crippen LogP contribution in [0.4, 0.5) is 4.79 Å². The molecule has 7 nitrogen and oxygen atoms in total. The normalized spacial score (nSPS) is 13.6. The minimum absolute atomic E-state index is 0.132. The van der Waals surface area contributed by atoms with Crippen molar-refractivity contribution in [2.75, 3.05) is 26.8 Å². The van der Waals surface area contributed by atoms with Crippen molar-refractivity contribution >= 4 is 18.0 Å². The maximum Gasteiger partial charge on any atom is 0.415 e. The zero-order valence-corrected chi connectivity index (χ0v) is 17.6. The Morgan fingerprint density at radius 3 is 2.57 bits per heavy atom. The van der Waals surface area contributed by atoms with Crippen LogP contribution in [0, 0.1) is 0 Å². The minimum atomic E-state index is -0.488. The summed E-state index contributed by atoms with van der Waals surface area (Å²) in [5, 5.41) is 0. The number of hydrogen-bond donors (Lipinski definition) is 0. The molecule has 0 radical (unpaired) electrons. The molecule has 2 aromatic carbocycles. The molecule has 1 amide bonds. The molecule has 7 heteroatoms. The van der Waals surface area contributed by atoms with E-state index in [1.165, 1.54) is 0 Å². The van der Waals surface area contributed by atoms with Gasteiger partial charge in [-0.3, -0.25) is 4.79 Å². The van der Waals surface area contributed by atoms with Gasteiger partial charge in [-0.25, -0.2) is 4.79 Å². The van der Waals surface area contributed by atoms with Crippen LogP contribution in [0.2, 0.25) is 0 Å². The number of ketones is 1. The van der Waals surface area contributed by atoms with E-state index in [0.29, 0.717) is 48.1 Å². The molecule has 0 atom stereocenters. The summed E-state index contributed by atoms with van der Waals surface area (Å²) < 4.78 is 22.2. The number of allylic oxidation sites excluding steroid dienone is 1. The molecule has 0 unspecified atom stereocenters. The molecule has 1 aliphatic rings. The molecule has 158 valence electrons. The lowest BCUT2D eigenvalue weighted by molar-refractivity contribution is 0.101. The second kappa shape index (κ2) is 9.35. The number of rotatable bonds is 7. The largest absolute Gasteiger partial charge is 0.497 e. The van der Waals surface area contributed by atoms with Crippen molar-refractivity contribution in [1.29, 1.82) is 0 Å². The third kappa shape index (κ3) is 4.25. The highest BCUT2D eigenvalue weighted by Crippen LogP contribution is 2.38. The zero-order chi connectivity index (χ0) is 21.7. The van der Waals surface area contributed by atoms with Gasteiger partial charge < -0.3 is 23.8 Å². The number of ether oxygens (including phenoxy) is 4. The highest BCUT2D eigenvalue weighted by atomic mass is 16.6. The Kier molecular flexibility index (Phi) is 6.61. The van der Waals surface area contributed by atoms with Crippen molar-refractivity contribution in [3.63, 3.8) is 0 Å². The quantitative estimate of drug-likeness (QED) is 0.622. The Morgan fingerprint density at radius 1 is 1.13 bits per heavy atom. The van der Waals surface area contributed by atoms with Crippen LogP contribution in [-0.4, -0.2) is 43.6 Å².